The lowest BCUT2D eigenvalue weighted by Gasteiger charge is -2.18. The predicted molar refractivity (Wildman–Crippen MR) is 103 cm³/mol. The Morgan fingerprint density at radius 3 is 2.04 bits per heavy atom. The molecule has 140 valence electrons. The molecule has 1 aliphatic rings. The van der Waals surface area contributed by atoms with Gasteiger partial charge in [-0.3, -0.25) is 0 Å². The maximum Gasteiger partial charge on any atom is 0.354 e. The second-order valence-corrected chi connectivity index (χ2v) is 7.46. The molecule has 0 aliphatic heterocycles. The minimum absolute atomic E-state index is 0.0596. The van der Waals surface area contributed by atoms with Gasteiger partial charge in [-0.1, -0.05) is 48.5 Å². The zero-order valence-corrected chi connectivity index (χ0v) is 15.7. The lowest BCUT2D eigenvalue weighted by atomic mass is 9.98. The van der Waals surface area contributed by atoms with Crippen LogP contribution in [0.25, 0.3) is 11.1 Å². The number of nitrogens with two attached hydrogens (primary N) is 1. The Morgan fingerprint density at radius 1 is 1.00 bits per heavy atom. The van der Waals surface area contributed by atoms with Crippen LogP contribution in [0.1, 0.15) is 37.8 Å². The lowest BCUT2D eigenvalue weighted by Crippen LogP contribution is -2.25. The van der Waals surface area contributed by atoms with E-state index in [-0.39, 0.29) is 18.2 Å². The highest BCUT2D eigenvalue weighted by Crippen LogP contribution is 2.44. The fourth-order valence-corrected chi connectivity index (χ4v) is 3.20. The first-order chi connectivity index (χ1) is 12.8. The summed E-state index contributed by atoms with van der Waals surface area (Å²) in [6.45, 7) is 5.36. The molecule has 0 saturated heterocycles. The summed E-state index contributed by atoms with van der Waals surface area (Å²) in [5.74, 6) is -1.47. The van der Waals surface area contributed by atoms with Crippen LogP contribution in [0, 0.1) is 0 Å². The van der Waals surface area contributed by atoms with Crippen LogP contribution >= 0.6 is 0 Å². The monoisotopic (exact) mass is 365 g/mol. The van der Waals surface area contributed by atoms with E-state index in [2.05, 4.69) is 12.1 Å². The van der Waals surface area contributed by atoms with Crippen LogP contribution in [-0.4, -0.2) is 24.1 Å². The average Bonchev–Trinajstić information content (AvgIpc) is 2.92. The van der Waals surface area contributed by atoms with Gasteiger partial charge in [0.25, 0.3) is 0 Å². The van der Waals surface area contributed by atoms with Gasteiger partial charge in [-0.15, -0.1) is 0 Å². The minimum Gasteiger partial charge on any atom is -0.460 e. The van der Waals surface area contributed by atoms with Crippen LogP contribution in [0.4, 0.5) is 0 Å². The second kappa shape index (κ2) is 7.27. The van der Waals surface area contributed by atoms with E-state index in [1.807, 2.05) is 36.4 Å². The zero-order chi connectivity index (χ0) is 19.6. The van der Waals surface area contributed by atoms with Gasteiger partial charge in [0.05, 0.1) is 6.08 Å². The molecule has 2 aromatic rings. The Kier molecular flexibility index (Phi) is 5.04. The average molecular weight is 365 g/mol. The van der Waals surface area contributed by atoms with Crippen molar-refractivity contribution in [3.05, 3.63) is 71.4 Å². The molecule has 27 heavy (non-hydrogen) atoms. The summed E-state index contributed by atoms with van der Waals surface area (Å²) in [4.78, 5) is 24.0. The number of benzene rings is 2. The molecule has 0 aromatic heterocycles. The van der Waals surface area contributed by atoms with Gasteiger partial charge >= 0.3 is 11.9 Å². The number of ether oxygens (including phenoxy) is 2. The van der Waals surface area contributed by atoms with E-state index in [9.17, 15) is 9.59 Å². The third-order valence-corrected chi connectivity index (χ3v) is 4.26. The first-order valence-corrected chi connectivity index (χ1v) is 8.82. The molecule has 5 nitrogen and oxygen atoms in total. The third kappa shape index (κ3) is 4.19. The molecule has 0 saturated carbocycles. The number of hydrogen-bond donors (Lipinski definition) is 1. The van der Waals surface area contributed by atoms with Crippen molar-refractivity contribution in [3.8, 4) is 11.1 Å². The number of rotatable bonds is 4. The fourth-order valence-electron chi connectivity index (χ4n) is 3.20. The van der Waals surface area contributed by atoms with Gasteiger partial charge < -0.3 is 15.2 Å². The van der Waals surface area contributed by atoms with Crippen molar-refractivity contribution < 1.29 is 19.1 Å². The zero-order valence-electron chi connectivity index (χ0n) is 15.7. The highest BCUT2D eigenvalue weighted by Gasteiger charge is 2.29. The second-order valence-electron chi connectivity index (χ2n) is 7.46. The summed E-state index contributed by atoms with van der Waals surface area (Å²) in [7, 11) is 0. The van der Waals surface area contributed by atoms with Crippen molar-refractivity contribution in [2.45, 2.75) is 32.3 Å². The maximum absolute atomic E-state index is 12.2. The summed E-state index contributed by atoms with van der Waals surface area (Å²) in [5.41, 5.74) is 9.28. The molecule has 0 unspecified atom stereocenters. The van der Waals surface area contributed by atoms with Gasteiger partial charge in [-0.25, -0.2) is 9.59 Å². The summed E-state index contributed by atoms with van der Waals surface area (Å²) in [5, 5.41) is 0. The van der Waals surface area contributed by atoms with E-state index in [1.54, 1.807) is 20.8 Å². The Labute approximate surface area is 158 Å². The molecule has 0 atom stereocenters. The van der Waals surface area contributed by atoms with E-state index < -0.39 is 17.5 Å². The number of carbonyl (C=O) groups excluding carboxylic acids is 2. The van der Waals surface area contributed by atoms with E-state index in [0.29, 0.717) is 0 Å². The van der Waals surface area contributed by atoms with Crippen LogP contribution in [0.3, 0.4) is 0 Å². The summed E-state index contributed by atoms with van der Waals surface area (Å²) in [6, 6.07) is 16.1. The molecular formula is C22H23NO4. The van der Waals surface area contributed by atoms with Gasteiger partial charge in [-0.05, 0) is 43.0 Å². The molecule has 5 heteroatoms. The standard InChI is InChI=1S/C22H23NO4/c1-22(2,3)27-20(24)12-19(23)21(25)26-13-18-16-10-6-4-8-14(16)15-9-5-7-11-17(15)18/h4-12,18H,13,23H2,1-3H3. The topological polar surface area (TPSA) is 78.6 Å². The number of esters is 2. The van der Waals surface area contributed by atoms with Crippen molar-refractivity contribution >= 4 is 11.9 Å². The number of hydrogen-bond acceptors (Lipinski definition) is 5. The quantitative estimate of drug-likeness (QED) is 0.662. The molecule has 0 fully saturated rings. The molecule has 0 radical (unpaired) electrons. The highest BCUT2D eigenvalue weighted by atomic mass is 16.6. The molecule has 0 spiro atoms. The fraction of sp³-hybridized carbons (Fsp3) is 0.273. The van der Waals surface area contributed by atoms with Gasteiger partial charge in [-0.2, -0.15) is 0 Å². The Hall–Kier alpha value is -3.08. The van der Waals surface area contributed by atoms with E-state index >= 15 is 0 Å². The molecule has 2 aromatic carbocycles. The van der Waals surface area contributed by atoms with Gasteiger partial charge in [0.2, 0.25) is 0 Å². The van der Waals surface area contributed by atoms with Crippen LogP contribution in [0.5, 0.6) is 0 Å². The van der Waals surface area contributed by atoms with Crippen LogP contribution in [0.2, 0.25) is 0 Å². The van der Waals surface area contributed by atoms with Gasteiger partial charge in [0, 0.05) is 5.92 Å². The molecule has 1 aliphatic carbocycles. The largest absolute Gasteiger partial charge is 0.460 e. The van der Waals surface area contributed by atoms with E-state index in [1.165, 1.54) is 0 Å². The van der Waals surface area contributed by atoms with Crippen LogP contribution < -0.4 is 5.73 Å². The van der Waals surface area contributed by atoms with Crippen molar-refractivity contribution in [2.75, 3.05) is 6.61 Å². The maximum atomic E-state index is 12.2. The predicted octanol–water partition coefficient (Wildman–Crippen LogP) is 3.53. The Morgan fingerprint density at radius 2 is 1.52 bits per heavy atom. The number of fused-ring (bicyclic) bond motifs is 3. The summed E-state index contributed by atoms with van der Waals surface area (Å²) in [6.07, 6.45) is 0.962. The normalized spacial score (nSPS) is 13.7. The molecule has 2 N–H and O–H groups in total. The Balaban J connectivity index is 1.72. The molecule has 0 heterocycles. The summed E-state index contributed by atoms with van der Waals surface area (Å²) < 4.78 is 10.5. The summed E-state index contributed by atoms with van der Waals surface area (Å²) >= 11 is 0. The van der Waals surface area contributed by atoms with Gasteiger partial charge in [0.15, 0.2) is 0 Å². The molecular weight excluding hydrogens is 342 g/mol. The lowest BCUT2D eigenvalue weighted by molar-refractivity contribution is -0.149. The third-order valence-electron chi connectivity index (χ3n) is 4.26. The molecule has 0 amide bonds. The molecule has 0 bridgehead atoms. The van der Waals surface area contributed by atoms with Crippen molar-refractivity contribution in [1.29, 1.82) is 0 Å². The number of carbonyl (C=O) groups is 2. The first-order valence-electron chi connectivity index (χ1n) is 8.82. The SMILES string of the molecule is CC(C)(C)OC(=O)C=C(N)C(=O)OCC1c2ccccc2-c2ccccc21. The van der Waals surface area contributed by atoms with Crippen molar-refractivity contribution in [3.63, 3.8) is 0 Å². The van der Waals surface area contributed by atoms with E-state index in [0.717, 1.165) is 28.3 Å². The van der Waals surface area contributed by atoms with Crippen LogP contribution in [-0.2, 0) is 19.1 Å². The van der Waals surface area contributed by atoms with E-state index in [4.69, 9.17) is 15.2 Å². The Bertz CT molecular complexity index is 863. The minimum atomic E-state index is -0.734. The smallest absolute Gasteiger partial charge is 0.354 e. The van der Waals surface area contributed by atoms with Crippen LogP contribution in [0.15, 0.2) is 60.3 Å². The highest BCUT2D eigenvalue weighted by molar-refractivity contribution is 5.95. The van der Waals surface area contributed by atoms with Crippen molar-refractivity contribution in [2.24, 2.45) is 5.73 Å². The van der Waals surface area contributed by atoms with Crippen molar-refractivity contribution in [1.82, 2.24) is 0 Å². The van der Waals surface area contributed by atoms with Gasteiger partial charge in [0.1, 0.15) is 17.9 Å². The first kappa shape index (κ1) is 18.7. The molecule has 3 rings (SSSR count).